The van der Waals surface area contributed by atoms with Gasteiger partial charge in [0.25, 0.3) is 0 Å². The topological polar surface area (TPSA) is 55.8 Å². The van der Waals surface area contributed by atoms with Gasteiger partial charge in [0.2, 0.25) is 0 Å². The molecule has 0 aliphatic heterocycles. The third kappa shape index (κ3) is 44.4. The number of hydrogen-bond donors (Lipinski definition) is 1. The molecule has 0 aromatic carbocycles. The van der Waals surface area contributed by atoms with E-state index < -0.39 is 6.10 Å². The lowest BCUT2D eigenvalue weighted by molar-refractivity contribution is -0.154. The van der Waals surface area contributed by atoms with Crippen molar-refractivity contribution in [2.75, 3.05) is 19.8 Å². The van der Waals surface area contributed by atoms with Crippen molar-refractivity contribution >= 4 is 5.97 Å². The minimum Gasteiger partial charge on any atom is -0.457 e. The van der Waals surface area contributed by atoms with Crippen LogP contribution >= 0.6 is 0 Å². The fourth-order valence-electron chi connectivity index (χ4n) is 6.43. The number of carbonyl (C=O) groups is 1. The average Bonchev–Trinajstić information content (AvgIpc) is 3.16. The van der Waals surface area contributed by atoms with Crippen LogP contribution < -0.4 is 0 Å². The Morgan fingerprint density at radius 1 is 0.472 bits per heavy atom. The number of ether oxygens (including phenoxy) is 2. The smallest absolute Gasteiger partial charge is 0.306 e. The van der Waals surface area contributed by atoms with Crippen molar-refractivity contribution in [3.05, 3.63) is 60.8 Å². The van der Waals surface area contributed by atoms with E-state index in [1.54, 1.807) is 0 Å². The first-order valence-electron chi connectivity index (χ1n) is 22.9. The summed E-state index contributed by atoms with van der Waals surface area (Å²) in [5, 5.41) is 9.62. The summed E-state index contributed by atoms with van der Waals surface area (Å²) >= 11 is 0. The second-order valence-corrected chi connectivity index (χ2v) is 15.1. The molecule has 0 radical (unpaired) electrons. The molecule has 4 nitrogen and oxygen atoms in total. The van der Waals surface area contributed by atoms with Crippen molar-refractivity contribution in [3.8, 4) is 0 Å². The largest absolute Gasteiger partial charge is 0.457 e. The Labute approximate surface area is 330 Å². The fourth-order valence-corrected chi connectivity index (χ4v) is 6.43. The van der Waals surface area contributed by atoms with E-state index >= 15 is 0 Å². The lowest BCUT2D eigenvalue weighted by atomic mass is 10.1. The minimum absolute atomic E-state index is 0.176. The van der Waals surface area contributed by atoms with Gasteiger partial charge in [-0.25, -0.2) is 0 Å². The minimum atomic E-state index is -0.541. The molecule has 0 aliphatic carbocycles. The van der Waals surface area contributed by atoms with Crippen LogP contribution in [0.4, 0.5) is 0 Å². The molecular weight excluding hydrogens is 653 g/mol. The maximum absolute atomic E-state index is 12.2. The molecule has 0 heterocycles. The molecule has 0 aromatic rings. The van der Waals surface area contributed by atoms with Crippen molar-refractivity contribution in [1.82, 2.24) is 0 Å². The SMILES string of the molecule is CC/C=C\C/C=C\C/C=C\C/C=C\CCCCCCCCCCCOCC(CO)OC(=O)CCCCCCCCCCC/C=C\CCCCCCCC. The molecule has 0 amide bonds. The van der Waals surface area contributed by atoms with Crippen molar-refractivity contribution in [2.45, 2.75) is 225 Å². The van der Waals surface area contributed by atoms with Gasteiger partial charge in [0.05, 0.1) is 13.2 Å². The van der Waals surface area contributed by atoms with Gasteiger partial charge in [0, 0.05) is 13.0 Å². The summed E-state index contributed by atoms with van der Waals surface area (Å²) in [4.78, 5) is 12.2. The monoisotopic (exact) mass is 741 g/mol. The Bertz CT molecular complexity index is 870. The van der Waals surface area contributed by atoms with E-state index in [0.717, 1.165) is 44.9 Å². The molecule has 0 saturated carbocycles. The summed E-state index contributed by atoms with van der Waals surface area (Å²) in [6.07, 6.45) is 61.4. The zero-order valence-electron chi connectivity index (χ0n) is 35.3. The van der Waals surface area contributed by atoms with E-state index in [1.807, 2.05) is 0 Å². The normalized spacial score (nSPS) is 12.9. The summed E-state index contributed by atoms with van der Waals surface area (Å²) in [5.41, 5.74) is 0. The second kappa shape index (κ2) is 46.2. The van der Waals surface area contributed by atoms with Crippen LogP contribution in [0.25, 0.3) is 0 Å². The quantitative estimate of drug-likeness (QED) is 0.0385. The van der Waals surface area contributed by atoms with E-state index in [0.29, 0.717) is 19.6 Å². The molecule has 1 unspecified atom stereocenters. The van der Waals surface area contributed by atoms with Gasteiger partial charge in [-0.3, -0.25) is 4.79 Å². The number of rotatable bonds is 42. The predicted molar refractivity (Wildman–Crippen MR) is 233 cm³/mol. The van der Waals surface area contributed by atoms with Crippen LogP contribution in [0.1, 0.15) is 219 Å². The molecule has 0 fully saturated rings. The molecular formula is C49H88O4. The Kier molecular flexibility index (Phi) is 44.6. The fraction of sp³-hybridized carbons (Fsp3) is 0.776. The first kappa shape index (κ1) is 51.1. The molecule has 308 valence electrons. The molecule has 53 heavy (non-hydrogen) atoms. The molecule has 0 saturated heterocycles. The molecule has 0 aromatic heterocycles. The highest BCUT2D eigenvalue weighted by Crippen LogP contribution is 2.14. The molecule has 0 bridgehead atoms. The molecule has 1 atom stereocenters. The zero-order chi connectivity index (χ0) is 38.4. The van der Waals surface area contributed by atoms with Gasteiger partial charge in [-0.15, -0.1) is 0 Å². The Hall–Kier alpha value is -1.91. The second-order valence-electron chi connectivity index (χ2n) is 15.1. The highest BCUT2D eigenvalue weighted by molar-refractivity contribution is 5.69. The predicted octanol–water partition coefficient (Wildman–Crippen LogP) is 15.2. The van der Waals surface area contributed by atoms with Gasteiger partial charge in [0.15, 0.2) is 0 Å². The van der Waals surface area contributed by atoms with E-state index in [-0.39, 0.29) is 12.6 Å². The van der Waals surface area contributed by atoms with Crippen molar-refractivity contribution < 1.29 is 19.4 Å². The Morgan fingerprint density at radius 3 is 1.30 bits per heavy atom. The van der Waals surface area contributed by atoms with Crippen molar-refractivity contribution in [2.24, 2.45) is 0 Å². The number of hydrogen-bond acceptors (Lipinski definition) is 4. The Morgan fingerprint density at radius 2 is 0.849 bits per heavy atom. The number of unbranched alkanes of at least 4 members (excludes halogenated alkanes) is 24. The van der Waals surface area contributed by atoms with E-state index in [1.165, 1.54) is 154 Å². The first-order valence-corrected chi connectivity index (χ1v) is 22.9. The molecule has 4 heteroatoms. The summed E-state index contributed by atoms with van der Waals surface area (Å²) in [7, 11) is 0. The molecule has 0 aliphatic rings. The van der Waals surface area contributed by atoms with Gasteiger partial charge in [0.1, 0.15) is 6.10 Å². The van der Waals surface area contributed by atoms with Crippen LogP contribution in [0, 0.1) is 0 Å². The van der Waals surface area contributed by atoms with Crippen molar-refractivity contribution in [3.63, 3.8) is 0 Å². The van der Waals surface area contributed by atoms with Gasteiger partial charge in [-0.1, -0.05) is 197 Å². The maximum Gasteiger partial charge on any atom is 0.306 e. The average molecular weight is 741 g/mol. The summed E-state index contributed by atoms with van der Waals surface area (Å²) in [6.45, 7) is 5.23. The molecule has 1 N–H and O–H groups in total. The third-order valence-corrected chi connectivity index (χ3v) is 9.83. The zero-order valence-corrected chi connectivity index (χ0v) is 35.3. The summed E-state index contributed by atoms with van der Waals surface area (Å²) in [5.74, 6) is -0.205. The number of aliphatic hydroxyl groups excluding tert-OH is 1. The van der Waals surface area contributed by atoms with Gasteiger partial charge < -0.3 is 14.6 Å². The first-order chi connectivity index (χ1) is 26.2. The van der Waals surface area contributed by atoms with Gasteiger partial charge in [-0.05, 0) is 77.0 Å². The van der Waals surface area contributed by atoms with E-state index in [9.17, 15) is 9.90 Å². The van der Waals surface area contributed by atoms with Crippen molar-refractivity contribution in [1.29, 1.82) is 0 Å². The van der Waals surface area contributed by atoms with E-state index in [4.69, 9.17) is 9.47 Å². The lowest BCUT2D eigenvalue weighted by Gasteiger charge is -2.16. The lowest BCUT2D eigenvalue weighted by Crippen LogP contribution is -2.27. The van der Waals surface area contributed by atoms with Gasteiger partial charge >= 0.3 is 5.97 Å². The number of carbonyl (C=O) groups excluding carboxylic acids is 1. The summed E-state index contributed by atoms with van der Waals surface area (Å²) in [6, 6.07) is 0. The number of allylic oxidation sites excluding steroid dienone is 10. The highest BCUT2D eigenvalue weighted by Gasteiger charge is 2.13. The van der Waals surface area contributed by atoms with Crippen LogP contribution in [0.3, 0.4) is 0 Å². The summed E-state index contributed by atoms with van der Waals surface area (Å²) < 4.78 is 11.2. The molecule has 0 spiro atoms. The van der Waals surface area contributed by atoms with Crippen LogP contribution in [-0.4, -0.2) is 37.0 Å². The van der Waals surface area contributed by atoms with Crippen LogP contribution in [0.5, 0.6) is 0 Å². The van der Waals surface area contributed by atoms with E-state index in [2.05, 4.69) is 74.6 Å². The maximum atomic E-state index is 12.2. The van der Waals surface area contributed by atoms with Crippen LogP contribution in [0.2, 0.25) is 0 Å². The number of aliphatic hydroxyl groups is 1. The van der Waals surface area contributed by atoms with Crippen LogP contribution in [-0.2, 0) is 14.3 Å². The molecule has 0 rings (SSSR count). The third-order valence-electron chi connectivity index (χ3n) is 9.83. The Balaban J connectivity index is 3.44. The highest BCUT2D eigenvalue weighted by atomic mass is 16.6. The number of esters is 1. The standard InChI is InChI=1S/C49H88O4/c1-3-5-7-9-11-13-15-17-19-21-23-24-25-27-29-31-33-35-37-39-41-43-45-52-47-48(46-50)53-49(51)44-42-40-38-36-34-32-30-28-26-22-20-18-16-14-12-10-8-6-4-2/h5,7,11,13,17-20,23-24,48,50H,3-4,6,8-10,12,14-16,21-22,25-47H2,1-2H3/b7-5-,13-11-,19-17-,20-18-,24-23-. The van der Waals surface area contributed by atoms with Gasteiger partial charge in [-0.2, -0.15) is 0 Å². The van der Waals surface area contributed by atoms with Crippen LogP contribution in [0.15, 0.2) is 60.8 Å².